The largest absolute Gasteiger partial charge is 0.480 e. The number of carboxylic acid groups (broad SMARTS) is 1. The van der Waals surface area contributed by atoms with Crippen molar-refractivity contribution in [3.63, 3.8) is 0 Å². The van der Waals surface area contributed by atoms with Crippen LogP contribution in [0, 0.1) is 11.6 Å². The number of rotatable bonds is 17. The van der Waals surface area contributed by atoms with Crippen molar-refractivity contribution >= 4 is 65.2 Å². The maximum Gasteiger partial charge on any atom is 0.414 e. The van der Waals surface area contributed by atoms with Crippen molar-refractivity contribution < 1.29 is 71.2 Å². The summed E-state index contributed by atoms with van der Waals surface area (Å²) < 4.78 is 45.1. The van der Waals surface area contributed by atoms with E-state index >= 15 is 4.39 Å². The number of carbonyl (C=O) groups is 9. The molecule has 25 heteroatoms. The minimum Gasteiger partial charge on any atom is -0.480 e. The number of nitrogens with zero attached hydrogens (tertiary/aromatic N) is 3. The standard InChI is InChI=1S/C26H30FN5O5.C16H20FN3O3.C15H20N2O5/c1-16(33)29-11-20-13-32(25(36)37-20)19-7-8-21(22(27)9-19)26(2)14-31(15-26)23(34)12-30-24(35)18-5-3-17(10-28)4-6-18;1-10(21)19-6-12-7-20(15(22)23-12)11-3-4-13(14(17)5-11)16(2)8-18-9-16;1-15(2,3)22-14(21)17-8-10-4-6-11(7-5-10)13(20)16-9-12(18)19/h3-9,20H,10-15,28H2,1-2H3,(H,29,33)(H,30,35);3-5,12,18H,6-9H2,1-2H3,(H,19,21);4-7H,8-9H2,1-3H3,(H,16,20)(H,17,21)(H,18,19)/t20-;12-;/m00./s1. The lowest BCUT2D eigenvalue weighted by Gasteiger charge is -2.48. The first kappa shape index (κ1) is 62.5. The molecule has 440 valence electrons. The molecular weight excluding hydrogens is 1070 g/mol. The van der Waals surface area contributed by atoms with E-state index in [1.165, 1.54) is 35.8 Å². The third-order valence-corrected chi connectivity index (χ3v) is 13.5. The number of likely N-dealkylation sites (tertiary alicyclic amines) is 1. The quantitative estimate of drug-likeness (QED) is 0.0695. The number of anilines is 2. The molecule has 4 aliphatic rings. The molecule has 4 aromatic carbocycles. The molecule has 82 heavy (non-hydrogen) atoms. The first-order valence-electron chi connectivity index (χ1n) is 26.3. The Morgan fingerprint density at radius 2 is 1.12 bits per heavy atom. The molecule has 4 aliphatic heterocycles. The van der Waals surface area contributed by atoms with Crippen molar-refractivity contribution in [1.29, 1.82) is 0 Å². The van der Waals surface area contributed by atoms with Gasteiger partial charge in [0.05, 0.1) is 44.1 Å². The smallest absolute Gasteiger partial charge is 0.414 e. The Morgan fingerprint density at radius 1 is 0.671 bits per heavy atom. The molecule has 0 aromatic heterocycles. The molecule has 4 saturated heterocycles. The van der Waals surface area contributed by atoms with E-state index < -0.39 is 65.7 Å². The fourth-order valence-electron chi connectivity index (χ4n) is 9.03. The summed E-state index contributed by atoms with van der Waals surface area (Å²) in [5.74, 6) is -3.40. The number of carboxylic acids is 1. The number of carbonyl (C=O) groups excluding carboxylic acids is 8. The Hall–Kier alpha value is -8.71. The normalized spacial score (nSPS) is 17.4. The van der Waals surface area contributed by atoms with Gasteiger partial charge in [-0.2, -0.15) is 0 Å². The number of nitrogens with one attached hydrogen (secondary N) is 6. The van der Waals surface area contributed by atoms with Crippen LogP contribution in [0.3, 0.4) is 0 Å². The van der Waals surface area contributed by atoms with E-state index in [0.717, 1.165) is 24.2 Å². The molecule has 8 rings (SSSR count). The second-order valence-corrected chi connectivity index (χ2v) is 21.6. The third kappa shape index (κ3) is 17.2. The number of hydrogen-bond donors (Lipinski definition) is 8. The summed E-state index contributed by atoms with van der Waals surface area (Å²) in [6, 6.07) is 22.7. The number of cyclic esters (lactones) is 2. The third-order valence-electron chi connectivity index (χ3n) is 13.5. The van der Waals surface area contributed by atoms with Crippen molar-refractivity contribution in [2.24, 2.45) is 5.73 Å². The molecule has 2 atom stereocenters. The van der Waals surface area contributed by atoms with Gasteiger partial charge in [-0.15, -0.1) is 0 Å². The Bertz CT molecular complexity index is 3020. The van der Waals surface area contributed by atoms with Crippen LogP contribution in [0.4, 0.5) is 34.5 Å². The van der Waals surface area contributed by atoms with Gasteiger partial charge in [-0.1, -0.05) is 50.2 Å². The minimum absolute atomic E-state index is 0.161. The predicted octanol–water partition coefficient (Wildman–Crippen LogP) is 3.95. The molecular formula is C57H70F2N10O13. The van der Waals surface area contributed by atoms with E-state index in [2.05, 4.69) is 31.9 Å². The average molecular weight is 1140 g/mol. The van der Waals surface area contributed by atoms with Gasteiger partial charge in [0.15, 0.2) is 0 Å². The number of benzene rings is 4. The van der Waals surface area contributed by atoms with Crippen molar-refractivity contribution in [3.05, 3.63) is 130 Å². The van der Waals surface area contributed by atoms with E-state index in [4.69, 9.17) is 25.1 Å². The number of halogens is 2. The van der Waals surface area contributed by atoms with Gasteiger partial charge in [-0.05, 0) is 91.6 Å². The van der Waals surface area contributed by atoms with Crippen molar-refractivity contribution in [2.45, 2.75) is 90.2 Å². The van der Waals surface area contributed by atoms with Crippen LogP contribution in [0.15, 0.2) is 84.9 Å². The van der Waals surface area contributed by atoms with Gasteiger partial charge in [-0.25, -0.2) is 23.2 Å². The molecule has 4 fully saturated rings. The maximum absolute atomic E-state index is 15.1. The Kier molecular flexibility index (Phi) is 20.7. The summed E-state index contributed by atoms with van der Waals surface area (Å²) in [4.78, 5) is 109. The second kappa shape index (κ2) is 27.2. The van der Waals surface area contributed by atoms with Crippen molar-refractivity contribution in [1.82, 2.24) is 36.8 Å². The first-order chi connectivity index (χ1) is 38.6. The Morgan fingerprint density at radius 3 is 1.52 bits per heavy atom. The van der Waals surface area contributed by atoms with Gasteiger partial charge >= 0.3 is 24.2 Å². The number of aliphatic carboxylic acids is 1. The summed E-state index contributed by atoms with van der Waals surface area (Å²) in [5, 5.41) is 24.3. The number of ether oxygens (including phenoxy) is 3. The maximum atomic E-state index is 15.1. The Labute approximate surface area is 472 Å². The predicted molar refractivity (Wildman–Crippen MR) is 296 cm³/mol. The SMILES string of the molecule is CC(=O)NC[C@H]1CN(c2ccc(C3(C)CN(C(=O)CNC(=O)c4ccc(CN)cc4)C3)c(F)c2)C(=O)O1.CC(=O)NC[C@H]1CN(c2ccc(C3(C)CNC3)c(F)c2)C(=O)O1.CC(C)(C)OC(=O)NCc1ccc(C(=O)NCC(=O)O)cc1. The zero-order chi connectivity index (χ0) is 60.1. The van der Waals surface area contributed by atoms with Crippen LogP contribution < -0.4 is 47.4 Å². The fraction of sp³-hybridized carbons (Fsp3) is 0.421. The van der Waals surface area contributed by atoms with Gasteiger partial charge < -0.3 is 61.9 Å². The molecule has 9 N–H and O–H groups in total. The molecule has 0 aliphatic carbocycles. The van der Waals surface area contributed by atoms with Crippen LogP contribution in [0.2, 0.25) is 0 Å². The minimum atomic E-state index is -1.11. The summed E-state index contributed by atoms with van der Waals surface area (Å²) in [6.07, 6.45) is -2.59. The summed E-state index contributed by atoms with van der Waals surface area (Å²) >= 11 is 0. The summed E-state index contributed by atoms with van der Waals surface area (Å²) in [7, 11) is 0. The van der Waals surface area contributed by atoms with E-state index in [-0.39, 0.29) is 74.1 Å². The fourth-order valence-corrected chi connectivity index (χ4v) is 9.03. The highest BCUT2D eigenvalue weighted by atomic mass is 19.1. The van der Waals surface area contributed by atoms with Crippen LogP contribution >= 0.6 is 0 Å². The zero-order valence-corrected chi connectivity index (χ0v) is 46.7. The molecule has 4 heterocycles. The number of hydrogen-bond acceptors (Lipinski definition) is 14. The van der Waals surface area contributed by atoms with Crippen LogP contribution in [0.5, 0.6) is 0 Å². The van der Waals surface area contributed by atoms with Crippen LogP contribution in [0.25, 0.3) is 0 Å². The van der Waals surface area contributed by atoms with Gasteiger partial charge in [0.1, 0.15) is 36.0 Å². The molecule has 8 amide bonds. The molecule has 0 radical (unpaired) electrons. The molecule has 4 aromatic rings. The summed E-state index contributed by atoms with van der Waals surface area (Å²) in [6.45, 7) is 15.0. The highest BCUT2D eigenvalue weighted by Crippen LogP contribution is 2.38. The van der Waals surface area contributed by atoms with Gasteiger partial charge in [0, 0.05) is 75.1 Å². The highest BCUT2D eigenvalue weighted by Gasteiger charge is 2.45. The topological polar surface area (TPSA) is 309 Å². The molecule has 23 nitrogen and oxygen atoms in total. The first-order valence-corrected chi connectivity index (χ1v) is 26.3. The molecule has 0 spiro atoms. The van der Waals surface area contributed by atoms with Crippen LogP contribution in [-0.2, 0) is 57.3 Å². The van der Waals surface area contributed by atoms with Crippen LogP contribution in [0.1, 0.15) is 91.4 Å². The van der Waals surface area contributed by atoms with Gasteiger partial charge in [0.25, 0.3) is 11.8 Å². The average Bonchev–Trinajstić information content (AvgIpc) is 2.18. The Balaban J connectivity index is 0.000000209. The van der Waals surface area contributed by atoms with E-state index in [0.29, 0.717) is 53.3 Å². The number of amides is 8. The number of alkyl carbamates (subject to hydrolysis) is 1. The van der Waals surface area contributed by atoms with Crippen molar-refractivity contribution in [3.8, 4) is 0 Å². The molecule has 0 bridgehead atoms. The highest BCUT2D eigenvalue weighted by molar-refractivity contribution is 5.97. The van der Waals surface area contributed by atoms with Gasteiger partial charge in [0.2, 0.25) is 17.7 Å². The zero-order valence-electron chi connectivity index (χ0n) is 46.7. The molecule has 0 unspecified atom stereocenters. The van der Waals surface area contributed by atoms with E-state index in [1.807, 2.05) is 13.8 Å². The van der Waals surface area contributed by atoms with E-state index in [9.17, 15) is 47.5 Å². The molecule has 0 saturated carbocycles. The van der Waals surface area contributed by atoms with Crippen molar-refractivity contribution in [2.75, 3.05) is 75.2 Å². The second-order valence-electron chi connectivity index (χ2n) is 21.6. The number of nitrogens with two attached hydrogens (primary N) is 1. The monoisotopic (exact) mass is 1140 g/mol. The lowest BCUT2D eigenvalue weighted by Crippen LogP contribution is -2.61. The lowest BCUT2D eigenvalue weighted by molar-refractivity contribution is -0.137. The van der Waals surface area contributed by atoms with Gasteiger partial charge in [-0.3, -0.25) is 38.6 Å². The summed E-state index contributed by atoms with van der Waals surface area (Å²) in [5.41, 5.74) is 8.61. The van der Waals surface area contributed by atoms with Crippen LogP contribution in [-0.4, -0.2) is 147 Å². The lowest BCUT2D eigenvalue weighted by atomic mass is 9.75. The van der Waals surface area contributed by atoms with E-state index in [1.54, 1.807) is 98.5 Å².